The molecule has 0 saturated carbocycles. The van der Waals surface area contributed by atoms with Crippen molar-refractivity contribution in [3.05, 3.63) is 58.6 Å². The van der Waals surface area contributed by atoms with Gasteiger partial charge in [-0.3, -0.25) is 4.79 Å². The van der Waals surface area contributed by atoms with Crippen LogP contribution in [0.2, 0.25) is 5.02 Å². The third kappa shape index (κ3) is 5.38. The van der Waals surface area contributed by atoms with Crippen molar-refractivity contribution >= 4 is 37.6 Å². The second kappa shape index (κ2) is 9.03. The molecule has 0 aromatic heterocycles. The summed E-state index contributed by atoms with van der Waals surface area (Å²) in [5, 5.41) is 7.92. The Hall–Kier alpha value is -1.98. The monoisotopic (exact) mass is 473 g/mol. The molecule has 11 heteroatoms. The first-order chi connectivity index (χ1) is 13.7. The number of hydrogen-bond donors (Lipinski definition) is 2. The quantitative estimate of drug-likeness (QED) is 0.638. The molecule has 1 amide bonds. The smallest absolute Gasteiger partial charge is 0.253 e. The van der Waals surface area contributed by atoms with Crippen molar-refractivity contribution in [3.8, 4) is 0 Å². The van der Waals surface area contributed by atoms with Crippen LogP contribution in [0, 0.1) is 0 Å². The Balaban J connectivity index is 2.29. The number of halogens is 1. The molecule has 2 rings (SSSR count). The zero-order valence-electron chi connectivity index (χ0n) is 17.0. The van der Waals surface area contributed by atoms with Crippen LogP contribution in [0.5, 0.6) is 0 Å². The van der Waals surface area contributed by atoms with E-state index in [0.29, 0.717) is 5.56 Å². The van der Waals surface area contributed by atoms with Crippen molar-refractivity contribution in [2.24, 2.45) is 5.14 Å². The Morgan fingerprint density at radius 2 is 1.53 bits per heavy atom. The van der Waals surface area contributed by atoms with Crippen molar-refractivity contribution in [2.45, 2.75) is 42.6 Å². The standard InChI is InChI=1S/C19H24ClN3O5S2/c1-12(2)23(4)30(27,28)16-9-10-18(20)17(11-16)19(24)22-13(3)14-5-7-15(8-6-14)29(21,25)26/h5-13H,1-4H3,(H,22,24)(H2,21,25,26). The number of nitrogens with two attached hydrogens (primary N) is 1. The van der Waals surface area contributed by atoms with Crippen LogP contribution < -0.4 is 10.5 Å². The van der Waals surface area contributed by atoms with Gasteiger partial charge in [-0.1, -0.05) is 23.7 Å². The van der Waals surface area contributed by atoms with E-state index in [-0.39, 0.29) is 26.4 Å². The van der Waals surface area contributed by atoms with E-state index in [1.165, 1.54) is 53.8 Å². The van der Waals surface area contributed by atoms with Crippen LogP contribution in [0.25, 0.3) is 0 Å². The van der Waals surface area contributed by atoms with Gasteiger partial charge in [-0.15, -0.1) is 0 Å². The SMILES string of the molecule is CC(NC(=O)c1cc(S(=O)(=O)N(C)C(C)C)ccc1Cl)c1ccc(S(N)(=O)=O)cc1. The Labute approximate surface area is 182 Å². The normalized spacial score (nSPS) is 13.5. The molecule has 30 heavy (non-hydrogen) atoms. The van der Waals surface area contributed by atoms with E-state index in [1.54, 1.807) is 20.8 Å². The van der Waals surface area contributed by atoms with Crippen LogP contribution in [0.1, 0.15) is 42.7 Å². The Morgan fingerprint density at radius 3 is 2.03 bits per heavy atom. The third-order valence-corrected chi connectivity index (χ3v) is 7.93. The molecule has 0 aliphatic carbocycles. The molecule has 0 bridgehead atoms. The zero-order chi connectivity index (χ0) is 22.9. The fraction of sp³-hybridized carbons (Fsp3) is 0.316. The second-order valence-electron chi connectivity index (χ2n) is 7.07. The van der Waals surface area contributed by atoms with E-state index in [4.69, 9.17) is 16.7 Å². The van der Waals surface area contributed by atoms with Gasteiger partial charge in [0.05, 0.1) is 26.4 Å². The van der Waals surface area contributed by atoms with Gasteiger partial charge in [-0.05, 0) is 56.7 Å². The summed E-state index contributed by atoms with van der Waals surface area (Å²) in [6.07, 6.45) is 0. The van der Waals surface area contributed by atoms with Crippen molar-refractivity contribution < 1.29 is 21.6 Å². The fourth-order valence-corrected chi connectivity index (χ4v) is 4.70. The number of nitrogens with zero attached hydrogens (tertiary/aromatic N) is 1. The topological polar surface area (TPSA) is 127 Å². The number of nitrogens with one attached hydrogen (secondary N) is 1. The number of amides is 1. The highest BCUT2D eigenvalue weighted by atomic mass is 35.5. The molecular weight excluding hydrogens is 450 g/mol. The van der Waals surface area contributed by atoms with Gasteiger partial charge >= 0.3 is 0 Å². The molecule has 1 atom stereocenters. The lowest BCUT2D eigenvalue weighted by molar-refractivity contribution is 0.0939. The van der Waals surface area contributed by atoms with E-state index >= 15 is 0 Å². The van der Waals surface area contributed by atoms with Gasteiger partial charge in [-0.25, -0.2) is 22.0 Å². The maximum Gasteiger partial charge on any atom is 0.253 e. The van der Waals surface area contributed by atoms with Gasteiger partial charge in [0.1, 0.15) is 0 Å². The number of carbonyl (C=O) groups is 1. The van der Waals surface area contributed by atoms with Gasteiger partial charge < -0.3 is 5.32 Å². The summed E-state index contributed by atoms with van der Waals surface area (Å²) in [4.78, 5) is 12.7. The molecule has 0 spiro atoms. The first kappa shape index (κ1) is 24.3. The van der Waals surface area contributed by atoms with Gasteiger partial charge in [-0.2, -0.15) is 4.31 Å². The molecule has 8 nitrogen and oxygen atoms in total. The molecule has 0 aliphatic rings. The van der Waals surface area contributed by atoms with Crippen LogP contribution in [0.15, 0.2) is 52.3 Å². The van der Waals surface area contributed by atoms with E-state index in [9.17, 15) is 21.6 Å². The summed E-state index contributed by atoms with van der Waals surface area (Å²) in [7, 11) is -6.14. The molecule has 0 fully saturated rings. The number of sulfonamides is 2. The highest BCUT2D eigenvalue weighted by Crippen LogP contribution is 2.24. The Kier molecular flexibility index (Phi) is 7.31. The summed E-state index contributed by atoms with van der Waals surface area (Å²) in [6.45, 7) is 5.18. The summed E-state index contributed by atoms with van der Waals surface area (Å²) in [5.41, 5.74) is 0.651. The van der Waals surface area contributed by atoms with Crippen LogP contribution >= 0.6 is 11.6 Å². The molecule has 0 saturated heterocycles. The van der Waals surface area contributed by atoms with E-state index < -0.39 is 32.0 Å². The first-order valence-electron chi connectivity index (χ1n) is 8.96. The van der Waals surface area contributed by atoms with Gasteiger partial charge in [0.2, 0.25) is 20.0 Å². The third-order valence-electron chi connectivity index (χ3n) is 4.64. The minimum absolute atomic E-state index is 0.0166. The van der Waals surface area contributed by atoms with E-state index in [0.717, 1.165) is 0 Å². The lowest BCUT2D eigenvalue weighted by Gasteiger charge is -2.21. The molecule has 1 unspecified atom stereocenters. The van der Waals surface area contributed by atoms with Crippen molar-refractivity contribution in [1.29, 1.82) is 0 Å². The molecule has 2 aromatic carbocycles. The summed E-state index contributed by atoms with van der Waals surface area (Å²) in [6, 6.07) is 8.94. The number of primary sulfonamides is 1. The average molecular weight is 474 g/mol. The molecule has 0 aliphatic heterocycles. The molecule has 0 radical (unpaired) electrons. The minimum Gasteiger partial charge on any atom is -0.345 e. The minimum atomic E-state index is -3.81. The maximum atomic E-state index is 12.7. The van der Waals surface area contributed by atoms with Gasteiger partial charge in [0.15, 0.2) is 0 Å². The highest BCUT2D eigenvalue weighted by Gasteiger charge is 2.25. The molecule has 2 aromatic rings. The van der Waals surface area contributed by atoms with Crippen molar-refractivity contribution in [2.75, 3.05) is 7.05 Å². The molecule has 3 N–H and O–H groups in total. The van der Waals surface area contributed by atoms with Crippen LogP contribution in [-0.2, 0) is 20.0 Å². The lowest BCUT2D eigenvalue weighted by Crippen LogP contribution is -2.33. The zero-order valence-corrected chi connectivity index (χ0v) is 19.3. The number of hydrogen-bond acceptors (Lipinski definition) is 5. The average Bonchev–Trinajstić information content (AvgIpc) is 2.66. The van der Waals surface area contributed by atoms with Crippen LogP contribution in [0.3, 0.4) is 0 Å². The lowest BCUT2D eigenvalue weighted by atomic mass is 10.1. The predicted octanol–water partition coefficient (Wildman–Crippen LogP) is 2.51. The molecular formula is C19H24ClN3O5S2. The number of rotatable bonds is 7. The second-order valence-corrected chi connectivity index (χ2v) is 11.0. The number of benzene rings is 2. The fourth-order valence-electron chi connectivity index (χ4n) is 2.59. The summed E-state index contributed by atoms with van der Waals surface area (Å²) in [5.74, 6) is -0.563. The Morgan fingerprint density at radius 1 is 1.00 bits per heavy atom. The van der Waals surface area contributed by atoms with E-state index in [2.05, 4.69) is 5.32 Å². The summed E-state index contributed by atoms with van der Waals surface area (Å²) >= 11 is 6.13. The maximum absolute atomic E-state index is 12.7. The largest absolute Gasteiger partial charge is 0.345 e. The van der Waals surface area contributed by atoms with Gasteiger partial charge in [0, 0.05) is 13.1 Å². The highest BCUT2D eigenvalue weighted by molar-refractivity contribution is 7.89. The van der Waals surface area contributed by atoms with E-state index in [1.807, 2.05) is 0 Å². The van der Waals surface area contributed by atoms with Crippen molar-refractivity contribution in [3.63, 3.8) is 0 Å². The molecule has 0 heterocycles. The van der Waals surface area contributed by atoms with Crippen molar-refractivity contribution in [1.82, 2.24) is 9.62 Å². The predicted molar refractivity (Wildman–Crippen MR) is 115 cm³/mol. The van der Waals surface area contributed by atoms with Crippen LogP contribution in [0.4, 0.5) is 0 Å². The summed E-state index contributed by atoms with van der Waals surface area (Å²) < 4.78 is 49.3. The number of carbonyl (C=O) groups excluding carboxylic acids is 1. The first-order valence-corrected chi connectivity index (χ1v) is 12.3. The van der Waals surface area contributed by atoms with Crippen LogP contribution in [-0.4, -0.2) is 40.1 Å². The molecule has 164 valence electrons. The Bertz CT molecular complexity index is 1150. The van der Waals surface area contributed by atoms with Gasteiger partial charge in [0.25, 0.3) is 5.91 Å².